The van der Waals surface area contributed by atoms with E-state index in [1.54, 1.807) is 7.05 Å². The van der Waals surface area contributed by atoms with Gasteiger partial charge >= 0.3 is 0 Å². The zero-order valence-electron chi connectivity index (χ0n) is 10.6. The van der Waals surface area contributed by atoms with Crippen molar-refractivity contribution < 1.29 is 13.2 Å². The largest absolute Gasteiger partial charge is 0.311 e. The summed E-state index contributed by atoms with van der Waals surface area (Å²) in [6, 6.07) is 4.87. The minimum absolute atomic E-state index is 0.0372. The number of aromatic nitrogens is 1. The Kier molecular flexibility index (Phi) is 4.77. The van der Waals surface area contributed by atoms with Crippen LogP contribution in [0.5, 0.6) is 0 Å². The average Bonchev–Trinajstić information content (AvgIpc) is 2.45. The van der Waals surface area contributed by atoms with Crippen molar-refractivity contribution in [2.45, 2.75) is 12.5 Å². The molecule has 0 amide bonds. The van der Waals surface area contributed by atoms with Crippen molar-refractivity contribution in [3.05, 3.63) is 63.6 Å². The first-order valence-electron chi connectivity index (χ1n) is 5.94. The number of halogens is 4. The first-order valence-corrected chi connectivity index (χ1v) is 6.73. The maximum Gasteiger partial charge on any atom is 0.143 e. The molecule has 1 N–H and O–H groups in total. The van der Waals surface area contributed by atoms with Gasteiger partial charge in [-0.05, 0) is 53.7 Å². The second-order valence-corrected chi connectivity index (χ2v) is 5.12. The van der Waals surface area contributed by atoms with Crippen LogP contribution in [0.3, 0.4) is 0 Å². The number of pyridine rings is 1. The summed E-state index contributed by atoms with van der Waals surface area (Å²) in [5.74, 6) is -1.70. The molecule has 20 heavy (non-hydrogen) atoms. The van der Waals surface area contributed by atoms with Crippen molar-refractivity contribution in [2.75, 3.05) is 7.05 Å². The van der Waals surface area contributed by atoms with E-state index in [-0.39, 0.29) is 16.5 Å². The van der Waals surface area contributed by atoms with Gasteiger partial charge in [0.1, 0.15) is 17.5 Å². The Labute approximate surface area is 123 Å². The van der Waals surface area contributed by atoms with Crippen LogP contribution in [-0.2, 0) is 6.42 Å². The van der Waals surface area contributed by atoms with Gasteiger partial charge in [0.2, 0.25) is 0 Å². The summed E-state index contributed by atoms with van der Waals surface area (Å²) in [7, 11) is 1.66. The van der Waals surface area contributed by atoms with Gasteiger partial charge in [0.15, 0.2) is 0 Å². The molecular formula is C14H12BrF3N2. The third-order valence-electron chi connectivity index (χ3n) is 3.00. The second-order valence-electron chi connectivity index (χ2n) is 4.27. The molecule has 2 nitrogen and oxygen atoms in total. The Hall–Kier alpha value is -1.40. The lowest BCUT2D eigenvalue weighted by Crippen LogP contribution is -2.21. The van der Waals surface area contributed by atoms with Crippen molar-refractivity contribution in [1.82, 2.24) is 10.3 Å². The van der Waals surface area contributed by atoms with Crippen molar-refractivity contribution in [3.63, 3.8) is 0 Å². The lowest BCUT2D eigenvalue weighted by molar-refractivity contribution is 0.505. The standard InChI is InChI=1S/C14H12BrF3N2/c1-19-13(12-5-2-8(16)7-20-12)6-9-11(17)4-3-10(15)14(9)18/h2-5,7,13,19H,6H2,1H3. The van der Waals surface area contributed by atoms with E-state index in [2.05, 4.69) is 26.2 Å². The third-order valence-corrected chi connectivity index (χ3v) is 3.62. The molecule has 1 atom stereocenters. The predicted molar refractivity (Wildman–Crippen MR) is 73.8 cm³/mol. The van der Waals surface area contributed by atoms with E-state index < -0.39 is 23.5 Å². The van der Waals surface area contributed by atoms with Crippen LogP contribution in [0.4, 0.5) is 13.2 Å². The molecular weight excluding hydrogens is 333 g/mol. The fourth-order valence-corrected chi connectivity index (χ4v) is 2.28. The summed E-state index contributed by atoms with van der Waals surface area (Å²) in [5, 5.41) is 2.93. The summed E-state index contributed by atoms with van der Waals surface area (Å²) in [5.41, 5.74) is 0.484. The first kappa shape index (κ1) is 15.0. The zero-order valence-corrected chi connectivity index (χ0v) is 12.2. The molecule has 1 aromatic heterocycles. The van der Waals surface area contributed by atoms with E-state index in [1.165, 1.54) is 24.3 Å². The summed E-state index contributed by atoms with van der Waals surface area (Å²) >= 11 is 3.03. The Bertz CT molecular complexity index is 602. The van der Waals surface area contributed by atoms with E-state index in [4.69, 9.17) is 0 Å². The van der Waals surface area contributed by atoms with Crippen LogP contribution >= 0.6 is 15.9 Å². The molecule has 2 aromatic rings. The van der Waals surface area contributed by atoms with E-state index in [9.17, 15) is 13.2 Å². The van der Waals surface area contributed by atoms with Crippen LogP contribution in [0.15, 0.2) is 34.9 Å². The lowest BCUT2D eigenvalue weighted by atomic mass is 10.0. The number of benzene rings is 1. The highest BCUT2D eigenvalue weighted by atomic mass is 79.9. The molecule has 0 aliphatic rings. The van der Waals surface area contributed by atoms with Gasteiger partial charge in [0.25, 0.3) is 0 Å². The van der Waals surface area contributed by atoms with Gasteiger partial charge in [0.05, 0.1) is 22.4 Å². The number of nitrogens with zero attached hydrogens (tertiary/aromatic N) is 1. The summed E-state index contributed by atoms with van der Waals surface area (Å²) in [4.78, 5) is 3.93. The Balaban J connectivity index is 2.31. The van der Waals surface area contributed by atoms with Crippen molar-refractivity contribution in [2.24, 2.45) is 0 Å². The topological polar surface area (TPSA) is 24.9 Å². The minimum atomic E-state index is -0.632. The Morgan fingerprint density at radius 1 is 1.20 bits per heavy atom. The normalized spacial score (nSPS) is 12.4. The third kappa shape index (κ3) is 3.19. The van der Waals surface area contributed by atoms with Gasteiger partial charge in [-0.3, -0.25) is 4.98 Å². The molecule has 0 fully saturated rings. The maximum absolute atomic E-state index is 13.9. The van der Waals surface area contributed by atoms with Crippen LogP contribution in [0, 0.1) is 17.5 Å². The van der Waals surface area contributed by atoms with Crippen LogP contribution in [0.1, 0.15) is 17.3 Å². The number of likely N-dealkylation sites (N-methyl/N-ethyl adjacent to an activating group) is 1. The molecule has 2 rings (SSSR count). The molecule has 0 saturated heterocycles. The first-order chi connectivity index (χ1) is 9.52. The van der Waals surface area contributed by atoms with Gasteiger partial charge in [-0.15, -0.1) is 0 Å². The van der Waals surface area contributed by atoms with Crippen molar-refractivity contribution in [3.8, 4) is 0 Å². The Morgan fingerprint density at radius 3 is 2.55 bits per heavy atom. The van der Waals surface area contributed by atoms with Gasteiger partial charge in [0, 0.05) is 5.56 Å². The maximum atomic E-state index is 13.9. The summed E-state index contributed by atoms with van der Waals surface area (Å²) in [6.07, 6.45) is 1.15. The van der Waals surface area contributed by atoms with Gasteiger partial charge < -0.3 is 5.32 Å². The Morgan fingerprint density at radius 2 is 1.95 bits per heavy atom. The lowest BCUT2D eigenvalue weighted by Gasteiger charge is -2.17. The summed E-state index contributed by atoms with van der Waals surface area (Å²) in [6.45, 7) is 0. The average molecular weight is 345 g/mol. The molecule has 6 heteroatoms. The highest BCUT2D eigenvalue weighted by Crippen LogP contribution is 2.26. The molecule has 106 valence electrons. The van der Waals surface area contributed by atoms with Crippen LogP contribution in [0.2, 0.25) is 0 Å². The predicted octanol–water partition coefficient (Wildman–Crippen LogP) is 3.76. The van der Waals surface area contributed by atoms with Crippen molar-refractivity contribution >= 4 is 15.9 Å². The van der Waals surface area contributed by atoms with Crippen LogP contribution in [-0.4, -0.2) is 12.0 Å². The summed E-state index contributed by atoms with van der Waals surface area (Å²) < 4.78 is 40.7. The molecule has 0 radical (unpaired) electrons. The quantitative estimate of drug-likeness (QED) is 0.854. The second kappa shape index (κ2) is 6.37. The highest BCUT2D eigenvalue weighted by molar-refractivity contribution is 9.10. The van der Waals surface area contributed by atoms with Crippen molar-refractivity contribution in [1.29, 1.82) is 0 Å². The molecule has 1 aromatic carbocycles. The van der Waals surface area contributed by atoms with E-state index in [0.717, 1.165) is 6.20 Å². The fourth-order valence-electron chi connectivity index (χ4n) is 1.91. The monoisotopic (exact) mass is 344 g/mol. The van der Waals surface area contributed by atoms with Gasteiger partial charge in [-0.2, -0.15) is 0 Å². The smallest absolute Gasteiger partial charge is 0.143 e. The number of nitrogens with one attached hydrogen (secondary N) is 1. The van der Waals surface area contributed by atoms with Gasteiger partial charge in [-0.1, -0.05) is 0 Å². The van der Waals surface area contributed by atoms with E-state index in [1.807, 2.05) is 0 Å². The molecule has 0 spiro atoms. The molecule has 1 heterocycles. The zero-order chi connectivity index (χ0) is 14.7. The highest BCUT2D eigenvalue weighted by Gasteiger charge is 2.19. The number of hydrogen-bond donors (Lipinski definition) is 1. The minimum Gasteiger partial charge on any atom is -0.311 e. The van der Waals surface area contributed by atoms with Crippen LogP contribution < -0.4 is 5.32 Å². The molecule has 1 unspecified atom stereocenters. The molecule has 0 bridgehead atoms. The SMILES string of the molecule is CNC(Cc1c(F)ccc(Br)c1F)c1ccc(F)cn1. The van der Waals surface area contributed by atoms with Gasteiger partial charge in [-0.25, -0.2) is 13.2 Å². The molecule has 0 aliphatic carbocycles. The van der Waals surface area contributed by atoms with E-state index >= 15 is 0 Å². The number of hydrogen-bond acceptors (Lipinski definition) is 2. The van der Waals surface area contributed by atoms with Crippen LogP contribution in [0.25, 0.3) is 0 Å². The number of rotatable bonds is 4. The molecule has 0 saturated carbocycles. The van der Waals surface area contributed by atoms with E-state index in [0.29, 0.717) is 5.69 Å². The fraction of sp³-hybridized carbons (Fsp3) is 0.214. The molecule has 0 aliphatic heterocycles.